The number of nitrogens with one attached hydrogen (secondary N) is 1. The number of alkyl carbamates (subject to hydrolysis) is 1. The fraction of sp³-hybridized carbons (Fsp3) is 0.429. The molecule has 4 heteroatoms. The summed E-state index contributed by atoms with van der Waals surface area (Å²) in [7, 11) is 0. The standard InChI is InChI=1S/C14H19NO3/c1-12(6-5-9-16)10-15-14(17)18-11-13-7-3-2-4-8-13/h2-4,7-9,12H,5-6,10-11H2,1H3,(H,15,17). The largest absolute Gasteiger partial charge is 0.445 e. The number of ether oxygens (including phenoxy) is 1. The van der Waals surface area contributed by atoms with Gasteiger partial charge in [-0.3, -0.25) is 0 Å². The van der Waals surface area contributed by atoms with Crippen molar-refractivity contribution in [1.29, 1.82) is 0 Å². The van der Waals surface area contributed by atoms with Crippen molar-refractivity contribution in [2.24, 2.45) is 5.92 Å². The third kappa shape index (κ3) is 6.03. The maximum absolute atomic E-state index is 11.4. The van der Waals surface area contributed by atoms with Gasteiger partial charge in [0.15, 0.2) is 0 Å². The first-order valence-electron chi connectivity index (χ1n) is 6.10. The molecular formula is C14H19NO3. The molecule has 0 saturated carbocycles. The Hall–Kier alpha value is -1.84. The van der Waals surface area contributed by atoms with Crippen LogP contribution in [0.3, 0.4) is 0 Å². The molecule has 1 atom stereocenters. The Bertz CT molecular complexity index is 365. The molecule has 0 radical (unpaired) electrons. The maximum Gasteiger partial charge on any atom is 0.407 e. The second-order valence-corrected chi connectivity index (χ2v) is 4.29. The molecule has 1 aromatic rings. The van der Waals surface area contributed by atoms with Gasteiger partial charge in [0, 0.05) is 13.0 Å². The summed E-state index contributed by atoms with van der Waals surface area (Å²) in [5, 5.41) is 2.68. The van der Waals surface area contributed by atoms with Crippen LogP contribution in [-0.4, -0.2) is 18.9 Å². The fourth-order valence-electron chi connectivity index (χ4n) is 1.49. The molecule has 4 nitrogen and oxygen atoms in total. The predicted octanol–water partition coefficient (Wildman–Crippen LogP) is 2.53. The second kappa shape index (κ2) is 8.28. The second-order valence-electron chi connectivity index (χ2n) is 4.29. The van der Waals surface area contributed by atoms with Crippen LogP contribution in [0.5, 0.6) is 0 Å². The van der Waals surface area contributed by atoms with Crippen LogP contribution >= 0.6 is 0 Å². The van der Waals surface area contributed by atoms with Crippen LogP contribution in [-0.2, 0) is 16.1 Å². The number of benzene rings is 1. The summed E-state index contributed by atoms with van der Waals surface area (Å²) in [5.74, 6) is 0.277. The number of aldehydes is 1. The smallest absolute Gasteiger partial charge is 0.407 e. The predicted molar refractivity (Wildman–Crippen MR) is 69.1 cm³/mol. The molecule has 1 N–H and O–H groups in total. The van der Waals surface area contributed by atoms with Gasteiger partial charge >= 0.3 is 6.09 Å². The summed E-state index contributed by atoms with van der Waals surface area (Å²) in [4.78, 5) is 21.6. The number of hydrogen-bond acceptors (Lipinski definition) is 3. The molecule has 0 spiro atoms. The Kier molecular flexibility index (Phi) is 6.54. The van der Waals surface area contributed by atoms with Crippen molar-refractivity contribution in [3.8, 4) is 0 Å². The minimum absolute atomic E-state index is 0.273. The number of amides is 1. The van der Waals surface area contributed by atoms with Crippen molar-refractivity contribution >= 4 is 12.4 Å². The first-order chi connectivity index (χ1) is 8.72. The lowest BCUT2D eigenvalue weighted by molar-refractivity contribution is -0.108. The van der Waals surface area contributed by atoms with Gasteiger partial charge in [0.2, 0.25) is 0 Å². The summed E-state index contributed by atoms with van der Waals surface area (Å²) in [6.07, 6.45) is 1.78. The van der Waals surface area contributed by atoms with E-state index in [1.807, 2.05) is 37.3 Å². The number of hydrogen-bond donors (Lipinski definition) is 1. The molecule has 0 aliphatic rings. The van der Waals surface area contributed by atoms with Crippen molar-refractivity contribution in [1.82, 2.24) is 5.32 Å². The molecule has 0 aliphatic heterocycles. The van der Waals surface area contributed by atoms with Gasteiger partial charge in [0.1, 0.15) is 12.9 Å². The highest BCUT2D eigenvalue weighted by atomic mass is 16.5. The maximum atomic E-state index is 11.4. The van der Waals surface area contributed by atoms with Gasteiger partial charge in [0.05, 0.1) is 0 Å². The quantitative estimate of drug-likeness (QED) is 0.755. The topological polar surface area (TPSA) is 55.4 Å². The van der Waals surface area contributed by atoms with Crippen molar-refractivity contribution in [3.63, 3.8) is 0 Å². The van der Waals surface area contributed by atoms with E-state index >= 15 is 0 Å². The minimum Gasteiger partial charge on any atom is -0.445 e. The van der Waals surface area contributed by atoms with E-state index in [4.69, 9.17) is 4.74 Å². The van der Waals surface area contributed by atoms with E-state index in [2.05, 4.69) is 5.32 Å². The first kappa shape index (κ1) is 14.2. The van der Waals surface area contributed by atoms with Crippen LogP contribution in [0.25, 0.3) is 0 Å². The van der Waals surface area contributed by atoms with Crippen LogP contribution < -0.4 is 5.32 Å². The van der Waals surface area contributed by atoms with E-state index in [-0.39, 0.29) is 12.5 Å². The molecule has 0 aromatic heterocycles. The zero-order chi connectivity index (χ0) is 13.2. The van der Waals surface area contributed by atoms with Crippen molar-refractivity contribution in [2.75, 3.05) is 6.54 Å². The number of rotatable bonds is 7. The Labute approximate surface area is 107 Å². The third-order valence-corrected chi connectivity index (χ3v) is 2.58. The first-order valence-corrected chi connectivity index (χ1v) is 6.10. The molecule has 1 rings (SSSR count). The zero-order valence-electron chi connectivity index (χ0n) is 10.6. The SMILES string of the molecule is CC(CCC=O)CNC(=O)OCc1ccccc1. The molecule has 0 aliphatic carbocycles. The van der Waals surface area contributed by atoms with E-state index in [1.165, 1.54) is 0 Å². The van der Waals surface area contributed by atoms with Gasteiger partial charge in [-0.1, -0.05) is 37.3 Å². The van der Waals surface area contributed by atoms with Crippen molar-refractivity contribution < 1.29 is 14.3 Å². The molecule has 0 heterocycles. The molecule has 1 aromatic carbocycles. The lowest BCUT2D eigenvalue weighted by atomic mass is 10.1. The number of carbonyl (C=O) groups excluding carboxylic acids is 2. The van der Waals surface area contributed by atoms with Crippen LogP contribution in [0.2, 0.25) is 0 Å². The Morgan fingerprint density at radius 2 is 2.11 bits per heavy atom. The molecule has 0 bridgehead atoms. The van der Waals surface area contributed by atoms with Crippen LogP contribution in [0.4, 0.5) is 4.79 Å². The molecule has 0 saturated heterocycles. The number of carbonyl (C=O) groups is 2. The molecule has 0 fully saturated rings. The third-order valence-electron chi connectivity index (χ3n) is 2.58. The van der Waals surface area contributed by atoms with E-state index in [9.17, 15) is 9.59 Å². The van der Waals surface area contributed by atoms with E-state index in [0.29, 0.717) is 13.0 Å². The van der Waals surface area contributed by atoms with Crippen LogP contribution in [0.15, 0.2) is 30.3 Å². The van der Waals surface area contributed by atoms with Gasteiger partial charge < -0.3 is 14.8 Å². The zero-order valence-corrected chi connectivity index (χ0v) is 10.6. The molecule has 18 heavy (non-hydrogen) atoms. The minimum atomic E-state index is -0.420. The lowest BCUT2D eigenvalue weighted by Gasteiger charge is -2.11. The average molecular weight is 249 g/mol. The van der Waals surface area contributed by atoms with Gasteiger partial charge in [-0.15, -0.1) is 0 Å². The van der Waals surface area contributed by atoms with Crippen LogP contribution in [0.1, 0.15) is 25.3 Å². The highest BCUT2D eigenvalue weighted by Gasteiger charge is 2.06. The Morgan fingerprint density at radius 3 is 2.78 bits per heavy atom. The van der Waals surface area contributed by atoms with Gasteiger partial charge in [-0.2, -0.15) is 0 Å². The van der Waals surface area contributed by atoms with Crippen LogP contribution in [0, 0.1) is 5.92 Å². The van der Waals surface area contributed by atoms with Crippen molar-refractivity contribution in [2.45, 2.75) is 26.4 Å². The molecular weight excluding hydrogens is 230 g/mol. The van der Waals surface area contributed by atoms with Crippen molar-refractivity contribution in [3.05, 3.63) is 35.9 Å². The van der Waals surface area contributed by atoms with Gasteiger partial charge in [-0.25, -0.2) is 4.79 Å². The summed E-state index contributed by atoms with van der Waals surface area (Å²) in [6, 6.07) is 9.52. The molecule has 1 amide bonds. The van der Waals surface area contributed by atoms with Gasteiger partial charge in [-0.05, 0) is 17.9 Å². The monoisotopic (exact) mass is 249 g/mol. The van der Waals surface area contributed by atoms with E-state index < -0.39 is 6.09 Å². The average Bonchev–Trinajstić information content (AvgIpc) is 2.41. The summed E-state index contributed by atoms with van der Waals surface area (Å²) >= 11 is 0. The lowest BCUT2D eigenvalue weighted by Crippen LogP contribution is -2.28. The van der Waals surface area contributed by atoms with E-state index in [0.717, 1.165) is 18.3 Å². The summed E-state index contributed by atoms with van der Waals surface area (Å²) < 4.78 is 5.06. The summed E-state index contributed by atoms with van der Waals surface area (Å²) in [6.45, 7) is 2.79. The molecule has 98 valence electrons. The highest BCUT2D eigenvalue weighted by Crippen LogP contribution is 2.03. The highest BCUT2D eigenvalue weighted by molar-refractivity contribution is 5.67. The van der Waals surface area contributed by atoms with E-state index in [1.54, 1.807) is 0 Å². The summed E-state index contributed by atoms with van der Waals surface area (Å²) in [5.41, 5.74) is 0.960. The van der Waals surface area contributed by atoms with Gasteiger partial charge in [0.25, 0.3) is 0 Å². The Morgan fingerprint density at radius 1 is 1.39 bits per heavy atom. The normalized spacial score (nSPS) is 11.6. The fourth-order valence-corrected chi connectivity index (χ4v) is 1.49. The molecule has 1 unspecified atom stereocenters. The Balaban J connectivity index is 2.16.